The van der Waals surface area contributed by atoms with Gasteiger partial charge in [0.15, 0.2) is 0 Å². The van der Waals surface area contributed by atoms with E-state index in [1.54, 1.807) is 0 Å². The van der Waals surface area contributed by atoms with Gasteiger partial charge in [-0.15, -0.1) is 0 Å². The van der Waals surface area contributed by atoms with E-state index >= 15 is 0 Å². The van der Waals surface area contributed by atoms with E-state index in [4.69, 9.17) is 4.74 Å². The van der Waals surface area contributed by atoms with E-state index in [9.17, 15) is 0 Å². The summed E-state index contributed by atoms with van der Waals surface area (Å²) in [4.78, 5) is 0. The molecular weight excluding hydrogens is 376 g/mol. The molecule has 0 amide bonds. The molecule has 0 aromatic carbocycles. The van der Waals surface area contributed by atoms with Gasteiger partial charge in [0.25, 0.3) is 0 Å². The second-order valence-corrected chi connectivity index (χ2v) is 15.3. The number of ether oxygens (including phenoxy) is 1. The van der Waals surface area contributed by atoms with Gasteiger partial charge in [0.1, 0.15) is 0 Å². The third-order valence-electron chi connectivity index (χ3n) is 12.7. The number of hydrogen-bond acceptors (Lipinski definition) is 1. The molecule has 1 aliphatic heterocycles. The number of hydrogen-bond donors (Lipinski definition) is 0. The molecule has 0 radical (unpaired) electrons. The zero-order valence-corrected chi connectivity index (χ0v) is 22.2. The Morgan fingerprint density at radius 1 is 0.452 bits per heavy atom. The van der Waals surface area contributed by atoms with E-state index in [2.05, 4.69) is 55.4 Å². The van der Waals surface area contributed by atoms with Gasteiger partial charge in [-0.25, -0.2) is 0 Å². The van der Waals surface area contributed by atoms with Crippen molar-refractivity contribution in [2.75, 3.05) is 0 Å². The highest BCUT2D eigenvalue weighted by Crippen LogP contribution is 2.69. The Bertz CT molecular complexity index is 662. The van der Waals surface area contributed by atoms with Crippen molar-refractivity contribution >= 4 is 0 Å². The zero-order chi connectivity index (χ0) is 22.5. The van der Waals surface area contributed by atoms with Crippen LogP contribution in [0.25, 0.3) is 0 Å². The molecule has 4 saturated carbocycles. The smallest absolute Gasteiger partial charge is 0.0695 e. The molecule has 178 valence electrons. The molecule has 5 aliphatic rings. The van der Waals surface area contributed by atoms with Crippen molar-refractivity contribution in [2.24, 2.45) is 45.3 Å². The summed E-state index contributed by atoms with van der Waals surface area (Å²) in [5, 5.41) is 0. The monoisotopic (exact) mass is 428 g/mol. The normalized spacial score (nSPS) is 55.7. The Balaban J connectivity index is 1.52. The molecule has 0 aromatic heterocycles. The Labute approximate surface area is 193 Å². The molecular formula is C30H52O. The summed E-state index contributed by atoms with van der Waals surface area (Å²) in [5.74, 6) is 3.22. The number of rotatable bonds is 0. The second-order valence-electron chi connectivity index (χ2n) is 15.3. The minimum absolute atomic E-state index is 0.0789. The average molecular weight is 429 g/mol. The Morgan fingerprint density at radius 3 is 1.23 bits per heavy atom. The van der Waals surface area contributed by atoms with Crippen LogP contribution in [-0.4, -0.2) is 11.2 Å². The lowest BCUT2D eigenvalue weighted by Gasteiger charge is -2.64. The van der Waals surface area contributed by atoms with Gasteiger partial charge in [0.2, 0.25) is 0 Å². The molecule has 1 heterocycles. The van der Waals surface area contributed by atoms with Crippen LogP contribution in [-0.2, 0) is 4.74 Å². The van der Waals surface area contributed by atoms with Crippen LogP contribution in [0.5, 0.6) is 0 Å². The molecule has 8 atom stereocenters. The van der Waals surface area contributed by atoms with Gasteiger partial charge >= 0.3 is 0 Å². The van der Waals surface area contributed by atoms with Gasteiger partial charge in [0, 0.05) is 0 Å². The van der Waals surface area contributed by atoms with Gasteiger partial charge in [-0.2, -0.15) is 0 Å². The molecule has 5 rings (SSSR count). The van der Waals surface area contributed by atoms with Gasteiger partial charge in [-0.05, 0) is 123 Å². The maximum atomic E-state index is 7.56. The van der Waals surface area contributed by atoms with E-state index in [1.807, 2.05) is 0 Å². The summed E-state index contributed by atoms with van der Waals surface area (Å²) in [7, 11) is 0. The summed E-state index contributed by atoms with van der Waals surface area (Å²) in [6, 6.07) is 0. The van der Waals surface area contributed by atoms with E-state index < -0.39 is 0 Å². The molecule has 0 N–H and O–H groups in total. The van der Waals surface area contributed by atoms with Gasteiger partial charge in [-0.3, -0.25) is 0 Å². The third kappa shape index (κ3) is 3.10. The lowest BCUT2D eigenvalue weighted by atomic mass is 9.44. The largest absolute Gasteiger partial charge is 0.369 e. The predicted octanol–water partition coefficient (Wildman–Crippen LogP) is 8.80. The highest BCUT2D eigenvalue weighted by molar-refractivity contribution is 5.14. The summed E-state index contributed by atoms with van der Waals surface area (Å²) in [5.41, 5.74) is 2.09. The van der Waals surface area contributed by atoms with E-state index in [1.165, 1.54) is 77.0 Å². The first-order chi connectivity index (χ1) is 14.3. The average Bonchev–Trinajstić information content (AvgIpc) is 2.74. The van der Waals surface area contributed by atoms with Crippen LogP contribution in [0.2, 0.25) is 0 Å². The SMILES string of the molecule is CC1(C)CCCC2(C)C1CCC1(C)OC3(C)CCC4C(C)(C)CCCC4(C)C3CCC12. The van der Waals surface area contributed by atoms with Crippen LogP contribution in [0, 0.1) is 45.3 Å². The lowest BCUT2D eigenvalue weighted by molar-refractivity contribution is -0.262. The first kappa shape index (κ1) is 22.7. The fraction of sp³-hybridized carbons (Fsp3) is 1.00. The minimum atomic E-state index is 0.0789. The van der Waals surface area contributed by atoms with Crippen molar-refractivity contribution in [1.82, 2.24) is 0 Å². The van der Waals surface area contributed by atoms with Crippen LogP contribution >= 0.6 is 0 Å². The molecule has 31 heavy (non-hydrogen) atoms. The molecule has 5 fully saturated rings. The first-order valence-corrected chi connectivity index (χ1v) is 14.0. The predicted molar refractivity (Wildman–Crippen MR) is 131 cm³/mol. The quantitative estimate of drug-likeness (QED) is 0.374. The molecule has 4 aliphatic carbocycles. The van der Waals surface area contributed by atoms with Crippen LogP contribution in [0.1, 0.15) is 132 Å². The summed E-state index contributed by atoms with van der Waals surface area (Å²) >= 11 is 0. The molecule has 1 heteroatoms. The highest BCUT2D eigenvalue weighted by Gasteiger charge is 2.65. The molecule has 8 unspecified atom stereocenters. The number of fused-ring (bicyclic) bond motifs is 6. The maximum Gasteiger partial charge on any atom is 0.0695 e. The lowest BCUT2D eigenvalue weighted by Crippen LogP contribution is -2.62. The summed E-state index contributed by atoms with van der Waals surface area (Å²) in [6.07, 6.45) is 16.7. The first-order valence-electron chi connectivity index (χ1n) is 14.0. The van der Waals surface area contributed by atoms with Crippen LogP contribution in [0.4, 0.5) is 0 Å². The summed E-state index contributed by atoms with van der Waals surface area (Å²) in [6.45, 7) is 20.8. The Hall–Kier alpha value is -0.0400. The van der Waals surface area contributed by atoms with Crippen molar-refractivity contribution in [3.8, 4) is 0 Å². The minimum Gasteiger partial charge on any atom is -0.369 e. The fourth-order valence-corrected chi connectivity index (χ4v) is 11.6. The van der Waals surface area contributed by atoms with Crippen LogP contribution in [0.15, 0.2) is 0 Å². The van der Waals surface area contributed by atoms with Crippen LogP contribution < -0.4 is 0 Å². The van der Waals surface area contributed by atoms with Crippen molar-refractivity contribution in [2.45, 2.75) is 144 Å². The van der Waals surface area contributed by atoms with Gasteiger partial charge in [0.05, 0.1) is 11.2 Å². The standard InChI is InChI=1S/C30H52O/c1-25(2)15-9-17-27(5)21(25)13-19-29(7)23(27)11-12-24-28(6)18-10-16-26(3,4)22(28)14-20-30(24,8)31-29/h21-24H,9-20H2,1-8H3. The molecule has 1 saturated heterocycles. The van der Waals surface area contributed by atoms with Crippen molar-refractivity contribution in [3.63, 3.8) is 0 Å². The third-order valence-corrected chi connectivity index (χ3v) is 12.7. The van der Waals surface area contributed by atoms with Crippen molar-refractivity contribution < 1.29 is 4.74 Å². The molecule has 0 spiro atoms. The Morgan fingerprint density at radius 2 is 0.839 bits per heavy atom. The molecule has 1 nitrogen and oxygen atoms in total. The van der Waals surface area contributed by atoms with Crippen molar-refractivity contribution in [3.05, 3.63) is 0 Å². The topological polar surface area (TPSA) is 9.23 Å². The fourth-order valence-electron chi connectivity index (χ4n) is 11.6. The van der Waals surface area contributed by atoms with Gasteiger partial charge < -0.3 is 4.74 Å². The summed E-state index contributed by atoms with van der Waals surface area (Å²) < 4.78 is 7.56. The van der Waals surface area contributed by atoms with E-state index in [0.717, 1.165) is 23.7 Å². The van der Waals surface area contributed by atoms with E-state index in [-0.39, 0.29) is 11.2 Å². The maximum absolute atomic E-state index is 7.56. The van der Waals surface area contributed by atoms with E-state index in [0.29, 0.717) is 21.7 Å². The molecule has 0 aromatic rings. The highest BCUT2D eigenvalue weighted by atomic mass is 16.5. The second kappa shape index (κ2) is 6.76. The zero-order valence-electron chi connectivity index (χ0n) is 22.2. The van der Waals surface area contributed by atoms with Crippen molar-refractivity contribution in [1.29, 1.82) is 0 Å². The molecule has 0 bridgehead atoms. The van der Waals surface area contributed by atoms with Gasteiger partial charge in [-0.1, -0.05) is 54.4 Å². The van der Waals surface area contributed by atoms with Crippen LogP contribution in [0.3, 0.4) is 0 Å². The Kier molecular flexibility index (Phi) is 4.96.